The van der Waals surface area contributed by atoms with Crippen molar-refractivity contribution in [3.63, 3.8) is 0 Å². The summed E-state index contributed by atoms with van der Waals surface area (Å²) < 4.78 is 11.1. The maximum absolute atomic E-state index is 11.4. The van der Waals surface area contributed by atoms with Gasteiger partial charge in [0.05, 0.1) is 6.61 Å². The highest BCUT2D eigenvalue weighted by atomic mass is 16.5. The number of fused-ring (bicyclic) bond motifs is 1. The van der Waals surface area contributed by atoms with Crippen LogP contribution in [0.5, 0.6) is 5.88 Å². The number of aryl methyl sites for hydroxylation is 2. The summed E-state index contributed by atoms with van der Waals surface area (Å²) in [7, 11) is 0. The normalized spacial score (nSPS) is 19.0. The first kappa shape index (κ1) is 14.3. The molecule has 1 saturated heterocycles. The highest BCUT2D eigenvalue weighted by Crippen LogP contribution is 2.27. The van der Waals surface area contributed by atoms with Gasteiger partial charge in [0.25, 0.3) is 0 Å². The van der Waals surface area contributed by atoms with Crippen molar-refractivity contribution in [1.82, 2.24) is 4.98 Å². The molecule has 2 aliphatic rings. The Morgan fingerprint density at radius 3 is 2.86 bits per heavy atom. The number of carboxylic acids is 1. The van der Waals surface area contributed by atoms with Gasteiger partial charge in [-0.2, -0.15) is 0 Å². The van der Waals surface area contributed by atoms with Crippen molar-refractivity contribution in [2.75, 3.05) is 19.8 Å². The number of pyridine rings is 1. The van der Waals surface area contributed by atoms with Crippen LogP contribution in [0.1, 0.15) is 47.3 Å². The van der Waals surface area contributed by atoms with Crippen molar-refractivity contribution in [2.45, 2.75) is 38.5 Å². The van der Waals surface area contributed by atoms with Gasteiger partial charge in [0.2, 0.25) is 5.88 Å². The molecule has 1 aromatic heterocycles. The average Bonchev–Trinajstić information content (AvgIpc) is 2.53. The van der Waals surface area contributed by atoms with Gasteiger partial charge in [-0.15, -0.1) is 0 Å². The largest absolute Gasteiger partial charge is 0.477 e. The molecule has 1 N–H and O–H groups in total. The van der Waals surface area contributed by atoms with E-state index >= 15 is 0 Å². The van der Waals surface area contributed by atoms with E-state index in [2.05, 4.69) is 4.98 Å². The minimum absolute atomic E-state index is 0.197. The lowest BCUT2D eigenvalue weighted by Gasteiger charge is -2.23. The average molecular weight is 291 g/mol. The second-order valence-electron chi connectivity index (χ2n) is 5.83. The van der Waals surface area contributed by atoms with Crippen molar-refractivity contribution in [3.8, 4) is 5.88 Å². The van der Waals surface area contributed by atoms with Crippen LogP contribution >= 0.6 is 0 Å². The molecule has 1 aliphatic carbocycles. The van der Waals surface area contributed by atoms with Crippen LogP contribution in [0.25, 0.3) is 0 Å². The van der Waals surface area contributed by atoms with Gasteiger partial charge in [-0.1, -0.05) is 0 Å². The highest BCUT2D eigenvalue weighted by molar-refractivity contribution is 5.90. The molecule has 3 rings (SSSR count). The van der Waals surface area contributed by atoms with Crippen LogP contribution in [0.3, 0.4) is 0 Å². The Balaban J connectivity index is 1.77. The van der Waals surface area contributed by atoms with E-state index in [1.54, 1.807) is 6.07 Å². The highest BCUT2D eigenvalue weighted by Gasteiger charge is 2.21. The van der Waals surface area contributed by atoms with Gasteiger partial charge in [0.1, 0.15) is 5.56 Å². The Morgan fingerprint density at radius 2 is 2.10 bits per heavy atom. The first-order valence-corrected chi connectivity index (χ1v) is 7.70. The number of hydrogen-bond donors (Lipinski definition) is 1. The Hall–Kier alpha value is -1.62. The summed E-state index contributed by atoms with van der Waals surface area (Å²) in [5.41, 5.74) is 2.27. The third kappa shape index (κ3) is 3.35. The predicted octanol–water partition coefficient (Wildman–Crippen LogP) is 2.46. The lowest BCUT2D eigenvalue weighted by atomic mass is 9.95. The number of hydrogen-bond acceptors (Lipinski definition) is 4. The van der Waals surface area contributed by atoms with E-state index in [1.807, 2.05) is 0 Å². The molecule has 1 fully saturated rings. The molecule has 2 heterocycles. The molecule has 5 nitrogen and oxygen atoms in total. The van der Waals surface area contributed by atoms with E-state index < -0.39 is 5.97 Å². The second kappa shape index (κ2) is 6.43. The Labute approximate surface area is 124 Å². The molecular weight excluding hydrogens is 270 g/mol. The van der Waals surface area contributed by atoms with Gasteiger partial charge in [0, 0.05) is 18.9 Å². The van der Waals surface area contributed by atoms with Gasteiger partial charge < -0.3 is 14.6 Å². The predicted molar refractivity (Wildman–Crippen MR) is 76.9 cm³/mol. The molecule has 0 aromatic carbocycles. The van der Waals surface area contributed by atoms with Crippen LogP contribution in [-0.2, 0) is 17.6 Å². The molecule has 0 atom stereocenters. The number of ether oxygens (including phenoxy) is 2. The standard InChI is InChI=1S/C16H21NO4/c18-16(19)13-9-12-3-1-2-4-14(12)17-15(13)21-10-11-5-7-20-8-6-11/h9,11H,1-8,10H2,(H,18,19). The minimum atomic E-state index is -0.960. The number of aromatic carboxylic acids is 1. The zero-order valence-corrected chi connectivity index (χ0v) is 12.1. The molecule has 114 valence electrons. The Morgan fingerprint density at radius 1 is 1.33 bits per heavy atom. The van der Waals surface area contributed by atoms with Gasteiger partial charge >= 0.3 is 5.97 Å². The van der Waals surface area contributed by atoms with Crippen LogP contribution in [-0.4, -0.2) is 35.9 Å². The monoisotopic (exact) mass is 291 g/mol. The molecule has 21 heavy (non-hydrogen) atoms. The Bertz CT molecular complexity index is 523. The van der Waals surface area contributed by atoms with E-state index in [9.17, 15) is 9.90 Å². The van der Waals surface area contributed by atoms with Gasteiger partial charge in [-0.3, -0.25) is 0 Å². The zero-order valence-electron chi connectivity index (χ0n) is 12.1. The minimum Gasteiger partial charge on any atom is -0.477 e. The molecule has 0 saturated carbocycles. The smallest absolute Gasteiger partial charge is 0.341 e. The summed E-state index contributed by atoms with van der Waals surface area (Å²) in [6.45, 7) is 2.05. The number of rotatable bonds is 4. The van der Waals surface area contributed by atoms with E-state index in [0.717, 1.165) is 63.0 Å². The van der Waals surface area contributed by atoms with Crippen LogP contribution in [0.2, 0.25) is 0 Å². The summed E-state index contributed by atoms with van der Waals surface area (Å²) in [4.78, 5) is 15.9. The molecule has 0 spiro atoms. The van der Waals surface area contributed by atoms with Crippen LogP contribution < -0.4 is 4.74 Å². The van der Waals surface area contributed by atoms with Crippen molar-refractivity contribution in [3.05, 3.63) is 22.9 Å². The zero-order chi connectivity index (χ0) is 14.7. The third-order valence-electron chi connectivity index (χ3n) is 4.29. The lowest BCUT2D eigenvalue weighted by molar-refractivity contribution is 0.0481. The number of nitrogens with zero attached hydrogens (tertiary/aromatic N) is 1. The summed E-state index contributed by atoms with van der Waals surface area (Å²) >= 11 is 0. The van der Waals surface area contributed by atoms with Gasteiger partial charge in [0.15, 0.2) is 0 Å². The molecule has 0 unspecified atom stereocenters. The molecule has 5 heteroatoms. The molecule has 0 amide bonds. The van der Waals surface area contributed by atoms with Crippen molar-refractivity contribution >= 4 is 5.97 Å². The van der Waals surface area contributed by atoms with E-state index in [1.165, 1.54) is 0 Å². The second-order valence-corrected chi connectivity index (χ2v) is 5.83. The maximum atomic E-state index is 11.4. The molecule has 1 aromatic rings. The van der Waals surface area contributed by atoms with Crippen molar-refractivity contribution in [2.24, 2.45) is 5.92 Å². The first-order chi connectivity index (χ1) is 10.2. The van der Waals surface area contributed by atoms with Crippen molar-refractivity contribution < 1.29 is 19.4 Å². The summed E-state index contributed by atoms with van der Waals surface area (Å²) in [6.07, 6.45) is 5.99. The SMILES string of the molecule is O=C(O)c1cc2c(nc1OCC1CCOCC1)CCCC2. The molecular formula is C16H21NO4. The van der Waals surface area contributed by atoms with Gasteiger partial charge in [-0.05, 0) is 56.1 Å². The molecule has 0 radical (unpaired) electrons. The van der Waals surface area contributed by atoms with Crippen LogP contribution in [0.4, 0.5) is 0 Å². The quantitative estimate of drug-likeness (QED) is 0.923. The Kier molecular flexibility index (Phi) is 4.39. The fourth-order valence-corrected chi connectivity index (χ4v) is 2.99. The van der Waals surface area contributed by atoms with E-state index in [0.29, 0.717) is 12.5 Å². The number of aromatic nitrogens is 1. The number of carboxylic acid groups (broad SMARTS) is 1. The molecule has 1 aliphatic heterocycles. The molecule has 0 bridgehead atoms. The first-order valence-electron chi connectivity index (χ1n) is 7.70. The topological polar surface area (TPSA) is 68.7 Å². The van der Waals surface area contributed by atoms with E-state index in [4.69, 9.17) is 9.47 Å². The van der Waals surface area contributed by atoms with Gasteiger partial charge in [-0.25, -0.2) is 9.78 Å². The maximum Gasteiger partial charge on any atom is 0.341 e. The fourth-order valence-electron chi connectivity index (χ4n) is 2.99. The number of carbonyl (C=O) groups is 1. The fraction of sp³-hybridized carbons (Fsp3) is 0.625. The van der Waals surface area contributed by atoms with Crippen LogP contribution in [0, 0.1) is 5.92 Å². The van der Waals surface area contributed by atoms with Crippen LogP contribution in [0.15, 0.2) is 6.07 Å². The summed E-state index contributed by atoms with van der Waals surface area (Å²) in [5.74, 6) is -0.245. The summed E-state index contributed by atoms with van der Waals surface area (Å²) in [6, 6.07) is 1.75. The van der Waals surface area contributed by atoms with Crippen molar-refractivity contribution in [1.29, 1.82) is 0 Å². The summed E-state index contributed by atoms with van der Waals surface area (Å²) in [5, 5.41) is 9.36. The lowest BCUT2D eigenvalue weighted by Crippen LogP contribution is -2.22. The third-order valence-corrected chi connectivity index (χ3v) is 4.29. The van der Waals surface area contributed by atoms with E-state index in [-0.39, 0.29) is 11.4 Å².